The summed E-state index contributed by atoms with van der Waals surface area (Å²) in [5.74, 6) is -0.183. The summed E-state index contributed by atoms with van der Waals surface area (Å²) >= 11 is 11.5. The minimum atomic E-state index is -0.183. The maximum atomic E-state index is 10.7. The summed E-state index contributed by atoms with van der Waals surface area (Å²) in [5.41, 5.74) is 6.36. The first-order valence-electron chi connectivity index (χ1n) is 3.53. The van der Waals surface area contributed by atoms with Crippen LogP contribution in [0, 0.1) is 0 Å². The van der Waals surface area contributed by atoms with E-state index < -0.39 is 0 Å². The van der Waals surface area contributed by atoms with Gasteiger partial charge in [0.2, 0.25) is 5.91 Å². The quantitative estimate of drug-likeness (QED) is 0.713. The second kappa shape index (κ2) is 3.85. The molecule has 0 radical (unpaired) electrons. The Balaban J connectivity index is 3.06. The second-order valence-corrected chi connectivity index (χ2v) is 3.35. The number of halogens is 2. The minimum absolute atomic E-state index is 0.183. The molecule has 0 heterocycles. The smallest absolute Gasteiger partial charge is 0.221 e. The number of hydrogen-bond donors (Lipinski definition) is 2. The fourth-order valence-corrected chi connectivity index (χ4v) is 1.35. The summed E-state index contributed by atoms with van der Waals surface area (Å²) in [6.45, 7) is 1.40. The molecule has 3 N–H and O–H groups in total. The molecule has 0 aliphatic carbocycles. The van der Waals surface area contributed by atoms with Crippen LogP contribution in [0.3, 0.4) is 0 Å². The van der Waals surface area contributed by atoms with Crippen molar-refractivity contribution in [1.29, 1.82) is 0 Å². The molecule has 0 aromatic heterocycles. The minimum Gasteiger partial charge on any atom is -0.396 e. The Morgan fingerprint density at radius 3 is 2.23 bits per heavy atom. The predicted molar refractivity (Wildman–Crippen MR) is 55.2 cm³/mol. The number of carbonyl (C=O) groups excluding carboxylic acids is 1. The molecule has 0 unspecified atom stereocenters. The summed E-state index contributed by atoms with van der Waals surface area (Å²) in [5, 5.41) is 3.21. The Morgan fingerprint density at radius 1 is 1.38 bits per heavy atom. The van der Waals surface area contributed by atoms with Crippen LogP contribution in [0.25, 0.3) is 0 Å². The first-order valence-corrected chi connectivity index (χ1v) is 4.28. The first kappa shape index (κ1) is 10.2. The molecule has 3 nitrogen and oxygen atoms in total. The number of nitrogen functional groups attached to an aromatic ring is 1. The van der Waals surface area contributed by atoms with Gasteiger partial charge in [-0.05, 0) is 12.1 Å². The van der Waals surface area contributed by atoms with E-state index in [1.165, 1.54) is 6.92 Å². The maximum Gasteiger partial charge on any atom is 0.221 e. The van der Waals surface area contributed by atoms with Gasteiger partial charge in [-0.2, -0.15) is 0 Å². The molecule has 5 heteroatoms. The highest BCUT2D eigenvalue weighted by Gasteiger charge is 2.05. The van der Waals surface area contributed by atoms with Crippen LogP contribution in [0.2, 0.25) is 10.0 Å². The predicted octanol–water partition coefficient (Wildman–Crippen LogP) is 2.53. The van der Waals surface area contributed by atoms with Gasteiger partial charge in [0.25, 0.3) is 0 Å². The van der Waals surface area contributed by atoms with Crippen molar-refractivity contribution < 1.29 is 4.79 Å². The Labute approximate surface area is 85.8 Å². The van der Waals surface area contributed by atoms with E-state index in [-0.39, 0.29) is 5.91 Å². The van der Waals surface area contributed by atoms with Crippen molar-refractivity contribution in [2.45, 2.75) is 6.92 Å². The van der Waals surface area contributed by atoms with E-state index in [9.17, 15) is 4.79 Å². The first-order chi connectivity index (χ1) is 6.00. The normalized spacial score (nSPS) is 9.77. The highest BCUT2D eigenvalue weighted by Crippen LogP contribution is 2.30. The largest absolute Gasteiger partial charge is 0.396 e. The monoisotopic (exact) mass is 218 g/mol. The Morgan fingerprint density at radius 2 is 1.85 bits per heavy atom. The van der Waals surface area contributed by atoms with Crippen molar-refractivity contribution in [3.8, 4) is 0 Å². The van der Waals surface area contributed by atoms with Gasteiger partial charge in [0, 0.05) is 12.6 Å². The van der Waals surface area contributed by atoms with Crippen molar-refractivity contribution in [1.82, 2.24) is 0 Å². The van der Waals surface area contributed by atoms with E-state index in [0.29, 0.717) is 21.4 Å². The zero-order valence-electron chi connectivity index (χ0n) is 6.90. The highest BCUT2D eigenvalue weighted by atomic mass is 35.5. The van der Waals surface area contributed by atoms with Crippen LogP contribution in [0.1, 0.15) is 6.92 Å². The number of rotatable bonds is 1. The lowest BCUT2D eigenvalue weighted by Gasteiger charge is -2.06. The number of amides is 1. The highest BCUT2D eigenvalue weighted by molar-refractivity contribution is 6.39. The van der Waals surface area contributed by atoms with Gasteiger partial charge in [0.1, 0.15) is 0 Å². The topological polar surface area (TPSA) is 55.1 Å². The van der Waals surface area contributed by atoms with Gasteiger partial charge in [0.05, 0.1) is 15.7 Å². The lowest BCUT2D eigenvalue weighted by Crippen LogP contribution is -2.06. The van der Waals surface area contributed by atoms with Crippen LogP contribution in [-0.2, 0) is 4.79 Å². The summed E-state index contributed by atoms with van der Waals surface area (Å²) in [7, 11) is 0. The summed E-state index contributed by atoms with van der Waals surface area (Å²) in [6.07, 6.45) is 0. The third-order valence-corrected chi connectivity index (χ3v) is 2.02. The number of nitrogens with two attached hydrogens (primary N) is 1. The van der Waals surface area contributed by atoms with E-state index >= 15 is 0 Å². The molecule has 0 aliphatic rings. The number of hydrogen-bond acceptors (Lipinski definition) is 2. The Kier molecular flexibility index (Phi) is 3.01. The summed E-state index contributed by atoms with van der Waals surface area (Å²) in [6, 6.07) is 3.09. The molecule has 70 valence electrons. The zero-order chi connectivity index (χ0) is 10.0. The van der Waals surface area contributed by atoms with Gasteiger partial charge in [-0.25, -0.2) is 0 Å². The van der Waals surface area contributed by atoms with Crippen LogP contribution < -0.4 is 11.1 Å². The van der Waals surface area contributed by atoms with E-state index in [2.05, 4.69) is 5.32 Å². The molecule has 0 bridgehead atoms. The molecule has 1 amide bonds. The summed E-state index contributed by atoms with van der Waals surface area (Å²) in [4.78, 5) is 10.7. The second-order valence-electron chi connectivity index (χ2n) is 2.53. The molecular weight excluding hydrogens is 211 g/mol. The van der Waals surface area contributed by atoms with Crippen LogP contribution >= 0.6 is 23.2 Å². The molecule has 0 saturated carbocycles. The SMILES string of the molecule is CC(=O)Nc1cc(Cl)c(N)c(Cl)c1. The standard InChI is InChI=1S/C8H8Cl2N2O/c1-4(13)12-5-2-6(9)8(11)7(10)3-5/h2-3H,11H2,1H3,(H,12,13). The Hall–Kier alpha value is -0.930. The number of anilines is 2. The molecule has 1 rings (SSSR count). The van der Waals surface area contributed by atoms with E-state index in [4.69, 9.17) is 28.9 Å². The molecule has 13 heavy (non-hydrogen) atoms. The van der Waals surface area contributed by atoms with Crippen molar-refractivity contribution in [3.05, 3.63) is 22.2 Å². The average Bonchev–Trinajstić information content (AvgIpc) is 1.98. The van der Waals surface area contributed by atoms with Gasteiger partial charge in [-0.3, -0.25) is 4.79 Å². The van der Waals surface area contributed by atoms with Crippen LogP contribution in [-0.4, -0.2) is 5.91 Å². The molecule has 0 atom stereocenters. The van der Waals surface area contributed by atoms with Crippen LogP contribution in [0.5, 0.6) is 0 Å². The zero-order valence-corrected chi connectivity index (χ0v) is 8.41. The number of nitrogens with one attached hydrogen (secondary N) is 1. The van der Waals surface area contributed by atoms with Crippen LogP contribution in [0.4, 0.5) is 11.4 Å². The fraction of sp³-hybridized carbons (Fsp3) is 0.125. The van der Waals surface area contributed by atoms with E-state index in [1.807, 2.05) is 0 Å². The van der Waals surface area contributed by atoms with Crippen molar-refractivity contribution in [3.63, 3.8) is 0 Å². The van der Waals surface area contributed by atoms with Gasteiger partial charge < -0.3 is 11.1 Å². The van der Waals surface area contributed by atoms with E-state index in [1.54, 1.807) is 12.1 Å². The van der Waals surface area contributed by atoms with Gasteiger partial charge in [0.15, 0.2) is 0 Å². The third kappa shape index (κ3) is 2.50. The van der Waals surface area contributed by atoms with E-state index in [0.717, 1.165) is 0 Å². The van der Waals surface area contributed by atoms with Gasteiger partial charge in [-0.1, -0.05) is 23.2 Å². The van der Waals surface area contributed by atoms with Crippen molar-refractivity contribution >= 4 is 40.5 Å². The molecule has 1 aromatic rings. The molecule has 1 aromatic carbocycles. The maximum absolute atomic E-state index is 10.7. The molecule has 0 aliphatic heterocycles. The lowest BCUT2D eigenvalue weighted by molar-refractivity contribution is -0.114. The number of carbonyl (C=O) groups is 1. The van der Waals surface area contributed by atoms with Crippen LogP contribution in [0.15, 0.2) is 12.1 Å². The van der Waals surface area contributed by atoms with Gasteiger partial charge in [-0.15, -0.1) is 0 Å². The fourth-order valence-electron chi connectivity index (χ4n) is 0.860. The molecular formula is C8H8Cl2N2O. The molecule has 0 fully saturated rings. The van der Waals surface area contributed by atoms with Gasteiger partial charge >= 0.3 is 0 Å². The lowest BCUT2D eigenvalue weighted by atomic mass is 10.3. The molecule has 0 saturated heterocycles. The average molecular weight is 219 g/mol. The third-order valence-electron chi connectivity index (χ3n) is 1.40. The molecule has 0 spiro atoms. The van der Waals surface area contributed by atoms with Crippen molar-refractivity contribution in [2.24, 2.45) is 0 Å². The summed E-state index contributed by atoms with van der Waals surface area (Å²) < 4.78 is 0. The Bertz CT molecular complexity index is 329. The number of benzene rings is 1. The van der Waals surface area contributed by atoms with Crippen molar-refractivity contribution in [2.75, 3.05) is 11.1 Å².